The van der Waals surface area contributed by atoms with Gasteiger partial charge in [-0.3, -0.25) is 4.79 Å². The van der Waals surface area contributed by atoms with Crippen LogP contribution in [-0.4, -0.2) is 34.7 Å². The van der Waals surface area contributed by atoms with Crippen molar-refractivity contribution in [2.24, 2.45) is 0 Å². The second-order valence-electron chi connectivity index (χ2n) is 7.21. The molecular formula is C18H22BF3O3S2. The molecule has 0 bridgehead atoms. The molecule has 0 atom stereocenters. The van der Waals surface area contributed by atoms with E-state index in [0.717, 1.165) is 11.8 Å². The summed E-state index contributed by atoms with van der Waals surface area (Å²) in [5.74, 6) is 0.336. The van der Waals surface area contributed by atoms with Crippen molar-refractivity contribution in [2.75, 3.05) is 5.75 Å². The Morgan fingerprint density at radius 3 is 2.30 bits per heavy atom. The highest BCUT2D eigenvalue weighted by molar-refractivity contribution is 8.13. The van der Waals surface area contributed by atoms with Gasteiger partial charge in [0.2, 0.25) is 0 Å². The highest BCUT2D eigenvalue weighted by Crippen LogP contribution is 2.40. The largest absolute Gasteiger partial charge is 0.491 e. The van der Waals surface area contributed by atoms with Gasteiger partial charge in [-0.15, -0.1) is 0 Å². The van der Waals surface area contributed by atoms with Gasteiger partial charge in [0.25, 0.3) is 0 Å². The number of rotatable bonds is 5. The van der Waals surface area contributed by atoms with E-state index >= 15 is 0 Å². The summed E-state index contributed by atoms with van der Waals surface area (Å²) in [6, 6.07) is 6.15. The minimum Gasteiger partial charge on any atom is -0.400 e. The summed E-state index contributed by atoms with van der Waals surface area (Å²) in [6.07, 6.45) is 1.73. The lowest BCUT2D eigenvalue weighted by Crippen LogP contribution is -2.41. The maximum atomic E-state index is 12.6. The van der Waals surface area contributed by atoms with Crippen LogP contribution in [0.5, 0.6) is 0 Å². The highest BCUT2D eigenvalue weighted by Gasteiger charge is 2.52. The summed E-state index contributed by atoms with van der Waals surface area (Å²) < 4.78 is 50.0. The fourth-order valence-electron chi connectivity index (χ4n) is 2.37. The van der Waals surface area contributed by atoms with Gasteiger partial charge in [0, 0.05) is 17.6 Å². The molecule has 1 aliphatic heterocycles. The minimum atomic E-state index is -4.35. The second kappa shape index (κ2) is 8.23. The molecule has 1 heterocycles. The zero-order valence-corrected chi connectivity index (χ0v) is 17.5. The topological polar surface area (TPSA) is 35.5 Å². The molecule has 1 aromatic rings. The fraction of sp³-hybridized carbons (Fsp3) is 0.500. The Bertz CT molecular complexity index is 717. The van der Waals surface area contributed by atoms with E-state index < -0.39 is 23.8 Å². The molecule has 148 valence electrons. The van der Waals surface area contributed by atoms with Crippen LogP contribution < -0.4 is 0 Å². The average Bonchev–Trinajstić information content (AvgIpc) is 2.70. The van der Waals surface area contributed by atoms with Crippen LogP contribution in [0.3, 0.4) is 0 Å². The van der Waals surface area contributed by atoms with Gasteiger partial charge < -0.3 is 9.31 Å². The number of benzene rings is 1. The Kier molecular flexibility index (Phi) is 6.82. The number of carbonyl (C=O) groups is 1. The number of carbonyl (C=O) groups excluding carboxylic acids is 1. The molecule has 9 heteroatoms. The molecule has 0 aliphatic carbocycles. The molecule has 2 rings (SSSR count). The van der Waals surface area contributed by atoms with Crippen molar-refractivity contribution in [1.29, 1.82) is 0 Å². The van der Waals surface area contributed by atoms with Gasteiger partial charge in [0.05, 0.1) is 11.2 Å². The van der Waals surface area contributed by atoms with E-state index in [4.69, 9.17) is 9.31 Å². The van der Waals surface area contributed by atoms with Gasteiger partial charge in [-0.1, -0.05) is 30.0 Å². The standard InChI is InChI=1S/C18H22BF3O3S2/c1-12(23)26-11-14(19-24-16(2,3)17(4,5)25-19)9-13-7-6-8-15(10-13)27-18(20,21)22/h6-10H,11H2,1-5H3. The van der Waals surface area contributed by atoms with Crippen LogP contribution in [0.25, 0.3) is 6.08 Å². The maximum absolute atomic E-state index is 12.6. The first-order chi connectivity index (χ1) is 12.3. The molecule has 0 radical (unpaired) electrons. The van der Waals surface area contributed by atoms with Crippen molar-refractivity contribution in [3.8, 4) is 0 Å². The van der Waals surface area contributed by atoms with Crippen molar-refractivity contribution in [1.82, 2.24) is 0 Å². The third-order valence-corrected chi connectivity index (χ3v) is 6.05. The van der Waals surface area contributed by atoms with Crippen LogP contribution in [0, 0.1) is 0 Å². The first kappa shape index (κ1) is 22.4. The average molecular weight is 418 g/mol. The quantitative estimate of drug-likeness (QED) is 0.460. The number of hydrogen-bond acceptors (Lipinski definition) is 5. The zero-order valence-electron chi connectivity index (χ0n) is 15.8. The molecule has 0 saturated carbocycles. The minimum absolute atomic E-state index is 0.0567. The SMILES string of the molecule is CC(=O)SCC(=Cc1cccc(SC(F)(F)F)c1)B1OC(C)(C)C(C)(C)O1. The van der Waals surface area contributed by atoms with Crippen molar-refractivity contribution < 1.29 is 27.3 Å². The Balaban J connectivity index is 2.32. The van der Waals surface area contributed by atoms with Crippen molar-refractivity contribution in [2.45, 2.75) is 56.2 Å². The van der Waals surface area contributed by atoms with Crippen LogP contribution >= 0.6 is 23.5 Å². The van der Waals surface area contributed by atoms with Gasteiger partial charge in [-0.2, -0.15) is 13.2 Å². The summed E-state index contributed by atoms with van der Waals surface area (Å²) in [6.45, 7) is 9.15. The molecule has 3 nitrogen and oxygen atoms in total. The third kappa shape index (κ3) is 6.30. The van der Waals surface area contributed by atoms with Crippen molar-refractivity contribution in [3.05, 3.63) is 35.3 Å². The molecule has 0 N–H and O–H groups in total. The number of halogens is 3. The first-order valence-electron chi connectivity index (χ1n) is 8.34. The Morgan fingerprint density at radius 1 is 1.19 bits per heavy atom. The predicted molar refractivity (Wildman–Crippen MR) is 106 cm³/mol. The molecule has 0 unspecified atom stereocenters. The van der Waals surface area contributed by atoms with Crippen molar-refractivity contribution in [3.63, 3.8) is 0 Å². The number of alkyl halides is 3. The van der Waals surface area contributed by atoms with Crippen LogP contribution in [-0.2, 0) is 14.1 Å². The van der Waals surface area contributed by atoms with Gasteiger partial charge >= 0.3 is 12.6 Å². The van der Waals surface area contributed by atoms with Gasteiger partial charge in [-0.25, -0.2) is 0 Å². The zero-order chi connectivity index (χ0) is 20.5. The van der Waals surface area contributed by atoms with Gasteiger partial charge in [0.1, 0.15) is 0 Å². The predicted octanol–water partition coefficient (Wildman–Crippen LogP) is 5.59. The smallest absolute Gasteiger partial charge is 0.400 e. The van der Waals surface area contributed by atoms with Crippen LogP contribution in [0.15, 0.2) is 34.6 Å². The molecule has 27 heavy (non-hydrogen) atoms. The lowest BCUT2D eigenvalue weighted by molar-refractivity contribution is -0.109. The normalized spacial score (nSPS) is 19.4. The molecule has 1 aliphatic rings. The highest BCUT2D eigenvalue weighted by atomic mass is 32.2. The summed E-state index contributed by atoms with van der Waals surface area (Å²) in [7, 11) is -0.666. The van der Waals surface area contributed by atoms with Gasteiger partial charge in [0.15, 0.2) is 5.12 Å². The molecule has 1 fully saturated rings. The van der Waals surface area contributed by atoms with Gasteiger partial charge in [-0.05, 0) is 62.6 Å². The van der Waals surface area contributed by atoms with Crippen LogP contribution in [0.4, 0.5) is 13.2 Å². The summed E-state index contributed by atoms with van der Waals surface area (Å²) in [5, 5.41) is -0.0567. The second-order valence-corrected chi connectivity index (χ2v) is 9.50. The number of thioether (sulfide) groups is 2. The third-order valence-electron chi connectivity index (χ3n) is 4.44. The molecule has 0 aromatic heterocycles. The molecule has 1 aromatic carbocycles. The Hall–Kier alpha value is -0.895. The summed E-state index contributed by atoms with van der Waals surface area (Å²) >= 11 is 0.948. The van der Waals surface area contributed by atoms with E-state index in [1.807, 2.05) is 27.7 Å². The van der Waals surface area contributed by atoms with E-state index in [1.165, 1.54) is 19.1 Å². The van der Waals surface area contributed by atoms with Crippen LogP contribution in [0.2, 0.25) is 0 Å². The monoisotopic (exact) mass is 418 g/mol. The number of hydrogen-bond donors (Lipinski definition) is 0. The van der Waals surface area contributed by atoms with E-state index in [1.54, 1.807) is 18.2 Å². The molecule has 0 spiro atoms. The Morgan fingerprint density at radius 2 is 1.78 bits per heavy atom. The molecule has 1 saturated heterocycles. The lowest BCUT2D eigenvalue weighted by Gasteiger charge is -2.32. The summed E-state index contributed by atoms with van der Waals surface area (Å²) in [4.78, 5) is 11.5. The summed E-state index contributed by atoms with van der Waals surface area (Å²) in [5.41, 5.74) is -4.15. The van der Waals surface area contributed by atoms with E-state index in [9.17, 15) is 18.0 Å². The maximum Gasteiger partial charge on any atom is 0.491 e. The lowest BCUT2D eigenvalue weighted by atomic mass is 9.78. The molecular weight excluding hydrogens is 396 g/mol. The first-order valence-corrected chi connectivity index (χ1v) is 10.1. The Labute approximate surface area is 166 Å². The van der Waals surface area contributed by atoms with E-state index in [2.05, 4.69) is 0 Å². The van der Waals surface area contributed by atoms with E-state index in [-0.39, 0.29) is 21.8 Å². The fourth-order valence-corrected chi connectivity index (χ4v) is 3.57. The van der Waals surface area contributed by atoms with Crippen molar-refractivity contribution >= 4 is 41.8 Å². The van der Waals surface area contributed by atoms with E-state index in [0.29, 0.717) is 16.8 Å². The van der Waals surface area contributed by atoms with Crippen LogP contribution in [0.1, 0.15) is 40.2 Å². The molecule has 0 amide bonds.